The minimum absolute atomic E-state index is 0.217. The molecule has 0 saturated heterocycles. The summed E-state index contributed by atoms with van der Waals surface area (Å²) in [5.41, 5.74) is 2.07. The van der Waals surface area contributed by atoms with Gasteiger partial charge in [0.05, 0.1) is 11.9 Å². The van der Waals surface area contributed by atoms with E-state index in [1.54, 1.807) is 0 Å². The standard InChI is InChI=1S/C17H19N3O/c21-17(15-7-13-6-14(13)8-15)18-9-12-10-19-20(11-12)16-4-2-1-3-5-16/h1-5,10-11,13-15H,6-9H2,(H,18,21). The number of amides is 1. The van der Waals surface area contributed by atoms with Gasteiger partial charge in [-0.1, -0.05) is 18.2 Å². The number of carbonyl (C=O) groups excluding carboxylic acids is 1. The van der Waals surface area contributed by atoms with E-state index >= 15 is 0 Å². The highest BCUT2D eigenvalue weighted by molar-refractivity contribution is 5.79. The van der Waals surface area contributed by atoms with Gasteiger partial charge in [0, 0.05) is 24.2 Å². The lowest BCUT2D eigenvalue weighted by Crippen LogP contribution is -2.29. The first-order valence-corrected chi connectivity index (χ1v) is 7.66. The Labute approximate surface area is 124 Å². The molecule has 2 atom stereocenters. The maximum atomic E-state index is 12.1. The first-order valence-electron chi connectivity index (χ1n) is 7.66. The van der Waals surface area contributed by atoms with E-state index in [0.717, 1.165) is 35.9 Å². The van der Waals surface area contributed by atoms with Crippen molar-refractivity contribution in [3.63, 3.8) is 0 Å². The molecule has 108 valence electrons. The van der Waals surface area contributed by atoms with Gasteiger partial charge in [0.1, 0.15) is 0 Å². The number of para-hydroxylation sites is 1. The first kappa shape index (κ1) is 12.6. The summed E-state index contributed by atoms with van der Waals surface area (Å²) in [6, 6.07) is 9.99. The van der Waals surface area contributed by atoms with Crippen LogP contribution in [0.1, 0.15) is 24.8 Å². The van der Waals surface area contributed by atoms with Crippen molar-refractivity contribution < 1.29 is 4.79 Å². The van der Waals surface area contributed by atoms with Crippen molar-refractivity contribution in [1.82, 2.24) is 15.1 Å². The van der Waals surface area contributed by atoms with Gasteiger partial charge in [-0.25, -0.2) is 4.68 Å². The van der Waals surface area contributed by atoms with E-state index in [1.807, 2.05) is 47.4 Å². The Bertz CT molecular complexity index is 639. The van der Waals surface area contributed by atoms with Crippen LogP contribution in [0.25, 0.3) is 5.69 Å². The molecule has 2 aromatic rings. The topological polar surface area (TPSA) is 46.9 Å². The largest absolute Gasteiger partial charge is 0.352 e. The summed E-state index contributed by atoms with van der Waals surface area (Å²) in [5, 5.41) is 7.40. The summed E-state index contributed by atoms with van der Waals surface area (Å²) in [6.07, 6.45) is 7.34. The molecule has 1 aromatic carbocycles. The lowest BCUT2D eigenvalue weighted by molar-refractivity contribution is -0.125. The third-order valence-electron chi connectivity index (χ3n) is 4.74. The monoisotopic (exact) mass is 281 g/mol. The second-order valence-electron chi connectivity index (χ2n) is 6.27. The van der Waals surface area contributed by atoms with Crippen LogP contribution in [0.4, 0.5) is 0 Å². The van der Waals surface area contributed by atoms with Crippen LogP contribution >= 0.6 is 0 Å². The molecule has 2 fully saturated rings. The van der Waals surface area contributed by atoms with Gasteiger partial charge in [0.2, 0.25) is 5.91 Å². The maximum absolute atomic E-state index is 12.1. The van der Waals surface area contributed by atoms with Gasteiger partial charge in [-0.05, 0) is 43.2 Å². The molecule has 0 spiro atoms. The van der Waals surface area contributed by atoms with Gasteiger partial charge in [0.25, 0.3) is 0 Å². The number of hydrogen-bond donors (Lipinski definition) is 1. The minimum atomic E-state index is 0.217. The molecule has 1 N–H and O–H groups in total. The molecule has 0 bridgehead atoms. The predicted molar refractivity (Wildman–Crippen MR) is 79.7 cm³/mol. The van der Waals surface area contributed by atoms with Gasteiger partial charge in [-0.2, -0.15) is 5.10 Å². The molecule has 4 rings (SSSR count). The van der Waals surface area contributed by atoms with Crippen molar-refractivity contribution in [2.45, 2.75) is 25.8 Å². The summed E-state index contributed by atoms with van der Waals surface area (Å²) in [6.45, 7) is 0.567. The zero-order valence-corrected chi connectivity index (χ0v) is 11.9. The van der Waals surface area contributed by atoms with Gasteiger partial charge >= 0.3 is 0 Å². The summed E-state index contributed by atoms with van der Waals surface area (Å²) in [5.74, 6) is 2.16. The Morgan fingerprint density at radius 2 is 1.95 bits per heavy atom. The van der Waals surface area contributed by atoms with Crippen molar-refractivity contribution in [2.75, 3.05) is 0 Å². The molecule has 1 aromatic heterocycles. The lowest BCUT2D eigenvalue weighted by Gasteiger charge is -2.11. The first-order chi connectivity index (χ1) is 10.3. The molecule has 2 aliphatic carbocycles. The number of rotatable bonds is 4. The normalized spacial score (nSPS) is 26.4. The van der Waals surface area contributed by atoms with Crippen molar-refractivity contribution in [2.24, 2.45) is 17.8 Å². The number of aromatic nitrogens is 2. The fourth-order valence-electron chi connectivity index (χ4n) is 3.44. The highest BCUT2D eigenvalue weighted by Gasteiger charge is 2.47. The van der Waals surface area contributed by atoms with Gasteiger partial charge < -0.3 is 5.32 Å². The lowest BCUT2D eigenvalue weighted by atomic mass is 10.0. The SMILES string of the molecule is O=C(NCc1cnn(-c2ccccc2)c1)C1CC2CC2C1. The van der Waals surface area contributed by atoms with Gasteiger partial charge in [-0.15, -0.1) is 0 Å². The van der Waals surface area contributed by atoms with Crippen molar-refractivity contribution >= 4 is 5.91 Å². The molecule has 0 aliphatic heterocycles. The highest BCUT2D eigenvalue weighted by Crippen LogP contribution is 2.54. The number of fused-ring (bicyclic) bond motifs is 1. The minimum Gasteiger partial charge on any atom is -0.352 e. The Balaban J connectivity index is 1.35. The van der Waals surface area contributed by atoms with E-state index in [2.05, 4.69) is 10.4 Å². The van der Waals surface area contributed by atoms with E-state index in [-0.39, 0.29) is 11.8 Å². The third-order valence-corrected chi connectivity index (χ3v) is 4.74. The predicted octanol–water partition coefficient (Wildman–Crippen LogP) is 2.53. The van der Waals surface area contributed by atoms with E-state index < -0.39 is 0 Å². The average molecular weight is 281 g/mol. The zero-order chi connectivity index (χ0) is 14.2. The van der Waals surface area contributed by atoms with E-state index in [1.165, 1.54) is 6.42 Å². The second kappa shape index (κ2) is 5.02. The van der Waals surface area contributed by atoms with Crippen LogP contribution in [0.15, 0.2) is 42.7 Å². The Morgan fingerprint density at radius 1 is 1.19 bits per heavy atom. The number of hydrogen-bond acceptors (Lipinski definition) is 2. The van der Waals surface area contributed by atoms with Crippen molar-refractivity contribution in [1.29, 1.82) is 0 Å². The molecule has 2 saturated carbocycles. The fraction of sp³-hybridized carbons (Fsp3) is 0.412. The van der Waals surface area contributed by atoms with E-state index in [4.69, 9.17) is 0 Å². The highest BCUT2D eigenvalue weighted by atomic mass is 16.1. The summed E-state index contributed by atoms with van der Waals surface area (Å²) in [4.78, 5) is 12.1. The summed E-state index contributed by atoms with van der Waals surface area (Å²) >= 11 is 0. The number of nitrogens with one attached hydrogen (secondary N) is 1. The molecule has 1 heterocycles. The molecular weight excluding hydrogens is 262 g/mol. The van der Waals surface area contributed by atoms with Crippen LogP contribution in [0.3, 0.4) is 0 Å². The molecule has 21 heavy (non-hydrogen) atoms. The van der Waals surface area contributed by atoms with E-state index in [9.17, 15) is 4.79 Å². The zero-order valence-electron chi connectivity index (χ0n) is 11.9. The quantitative estimate of drug-likeness (QED) is 0.936. The van der Waals surface area contributed by atoms with Crippen LogP contribution in [-0.4, -0.2) is 15.7 Å². The fourth-order valence-corrected chi connectivity index (χ4v) is 3.44. The van der Waals surface area contributed by atoms with Crippen LogP contribution in [0.2, 0.25) is 0 Å². The van der Waals surface area contributed by atoms with Crippen LogP contribution in [0.5, 0.6) is 0 Å². The number of carbonyl (C=O) groups is 1. The van der Waals surface area contributed by atoms with Crippen LogP contribution < -0.4 is 5.32 Å². The average Bonchev–Trinajstić information content (AvgIpc) is 2.93. The van der Waals surface area contributed by atoms with Crippen LogP contribution in [-0.2, 0) is 11.3 Å². The Kier molecular flexibility index (Phi) is 3.02. The van der Waals surface area contributed by atoms with Crippen molar-refractivity contribution in [3.8, 4) is 5.69 Å². The molecule has 2 unspecified atom stereocenters. The molecule has 4 heteroatoms. The third kappa shape index (κ3) is 2.58. The number of nitrogens with zero attached hydrogens (tertiary/aromatic N) is 2. The van der Waals surface area contributed by atoms with Gasteiger partial charge in [-0.3, -0.25) is 4.79 Å². The van der Waals surface area contributed by atoms with E-state index in [0.29, 0.717) is 6.54 Å². The van der Waals surface area contributed by atoms with Crippen LogP contribution in [0, 0.1) is 17.8 Å². The molecule has 2 aliphatic rings. The van der Waals surface area contributed by atoms with Crippen molar-refractivity contribution in [3.05, 3.63) is 48.3 Å². The molecular formula is C17H19N3O. The maximum Gasteiger partial charge on any atom is 0.223 e. The Hall–Kier alpha value is -2.10. The summed E-state index contributed by atoms with van der Waals surface area (Å²) in [7, 11) is 0. The Morgan fingerprint density at radius 3 is 2.71 bits per heavy atom. The molecule has 4 nitrogen and oxygen atoms in total. The second-order valence-corrected chi connectivity index (χ2v) is 6.27. The molecule has 0 radical (unpaired) electrons. The number of benzene rings is 1. The smallest absolute Gasteiger partial charge is 0.223 e. The van der Waals surface area contributed by atoms with Gasteiger partial charge in [0.15, 0.2) is 0 Å². The molecule has 1 amide bonds. The summed E-state index contributed by atoms with van der Waals surface area (Å²) < 4.78 is 1.84.